The molecule has 0 saturated heterocycles. The predicted molar refractivity (Wildman–Crippen MR) is 80.3 cm³/mol. The second-order valence-electron chi connectivity index (χ2n) is 4.69. The number of halogens is 3. The summed E-state index contributed by atoms with van der Waals surface area (Å²) < 4.78 is 39.9. The van der Waals surface area contributed by atoms with Crippen LogP contribution in [0, 0.1) is 6.92 Å². The predicted octanol–water partition coefficient (Wildman–Crippen LogP) is 2.44. The van der Waals surface area contributed by atoms with E-state index in [2.05, 4.69) is 15.5 Å². The molecule has 2 rings (SSSR count). The van der Waals surface area contributed by atoms with E-state index in [1.54, 1.807) is 13.8 Å². The van der Waals surface area contributed by atoms with E-state index >= 15 is 0 Å². The molecule has 0 unspecified atom stereocenters. The molecule has 1 aromatic heterocycles. The number of nitrogen functional groups attached to an aromatic ring is 1. The third kappa shape index (κ3) is 3.95. The average molecular weight is 345 g/mol. The zero-order valence-electron chi connectivity index (χ0n) is 12.3. The number of para-hydroxylation sites is 1. The number of aromatic nitrogens is 3. The summed E-state index contributed by atoms with van der Waals surface area (Å²) in [4.78, 5) is 12.1. The Morgan fingerprint density at radius 3 is 2.57 bits per heavy atom. The summed E-state index contributed by atoms with van der Waals surface area (Å²) in [5.74, 6) is 5.55. The molecule has 124 valence electrons. The number of benzene rings is 1. The Labute approximate surface area is 134 Å². The number of nitrogens with one attached hydrogen (secondary N) is 1. The molecule has 0 radical (unpaired) electrons. The maximum atomic E-state index is 12.9. The number of thioether (sulfide) groups is 1. The van der Waals surface area contributed by atoms with Crippen molar-refractivity contribution in [2.24, 2.45) is 0 Å². The first-order valence-electron chi connectivity index (χ1n) is 6.51. The van der Waals surface area contributed by atoms with Crippen LogP contribution >= 0.6 is 11.8 Å². The second kappa shape index (κ2) is 6.49. The summed E-state index contributed by atoms with van der Waals surface area (Å²) in [5, 5.41) is 9.42. The van der Waals surface area contributed by atoms with Gasteiger partial charge in [-0.15, -0.1) is 10.2 Å². The minimum absolute atomic E-state index is 0.289. The highest BCUT2D eigenvalue weighted by Gasteiger charge is 2.34. The van der Waals surface area contributed by atoms with E-state index in [0.29, 0.717) is 11.0 Å². The van der Waals surface area contributed by atoms with Crippen molar-refractivity contribution in [2.45, 2.75) is 30.4 Å². The molecule has 1 amide bonds. The molecule has 6 nitrogen and oxygen atoms in total. The maximum absolute atomic E-state index is 12.9. The summed E-state index contributed by atoms with van der Waals surface area (Å²) in [6.45, 7) is 3.18. The van der Waals surface area contributed by atoms with Gasteiger partial charge in [0.25, 0.3) is 0 Å². The van der Waals surface area contributed by atoms with Gasteiger partial charge >= 0.3 is 6.18 Å². The summed E-state index contributed by atoms with van der Waals surface area (Å²) in [5.41, 5.74) is -1.19. The summed E-state index contributed by atoms with van der Waals surface area (Å²) in [6.07, 6.45) is -4.55. The molecule has 10 heteroatoms. The van der Waals surface area contributed by atoms with Gasteiger partial charge in [-0.25, -0.2) is 4.68 Å². The Balaban J connectivity index is 2.12. The molecular formula is C13H14F3N5OS. The Hall–Kier alpha value is -2.23. The molecule has 1 aromatic carbocycles. The smallest absolute Gasteiger partial charge is 0.336 e. The van der Waals surface area contributed by atoms with Gasteiger partial charge in [0.15, 0.2) is 0 Å². The van der Waals surface area contributed by atoms with Crippen LogP contribution in [0.3, 0.4) is 0 Å². The van der Waals surface area contributed by atoms with Crippen LogP contribution in [0.1, 0.15) is 18.3 Å². The first-order valence-corrected chi connectivity index (χ1v) is 7.39. The lowest BCUT2D eigenvalue weighted by Crippen LogP contribution is -2.25. The number of carbonyl (C=O) groups is 1. The summed E-state index contributed by atoms with van der Waals surface area (Å²) in [7, 11) is 0. The van der Waals surface area contributed by atoms with Crippen LogP contribution in [0.15, 0.2) is 29.4 Å². The van der Waals surface area contributed by atoms with Crippen LogP contribution in [-0.4, -0.2) is 26.0 Å². The quantitative estimate of drug-likeness (QED) is 0.657. The fraction of sp³-hybridized carbons (Fsp3) is 0.308. The normalized spacial score (nSPS) is 12.9. The molecule has 0 bridgehead atoms. The van der Waals surface area contributed by atoms with E-state index in [9.17, 15) is 18.0 Å². The van der Waals surface area contributed by atoms with Crippen molar-refractivity contribution >= 4 is 23.4 Å². The van der Waals surface area contributed by atoms with Crippen molar-refractivity contribution in [2.75, 3.05) is 11.2 Å². The molecule has 0 fully saturated rings. The largest absolute Gasteiger partial charge is 0.418 e. The fourth-order valence-corrected chi connectivity index (χ4v) is 2.53. The van der Waals surface area contributed by atoms with Crippen LogP contribution in [0.25, 0.3) is 0 Å². The summed E-state index contributed by atoms with van der Waals surface area (Å²) in [6, 6.07) is 4.79. The number of aryl methyl sites for hydroxylation is 1. The van der Waals surface area contributed by atoms with Crippen LogP contribution < -0.4 is 11.2 Å². The van der Waals surface area contributed by atoms with E-state index in [4.69, 9.17) is 5.84 Å². The van der Waals surface area contributed by atoms with Gasteiger partial charge in [0, 0.05) is 0 Å². The van der Waals surface area contributed by atoms with E-state index in [1.807, 2.05) is 0 Å². The third-order valence-corrected chi connectivity index (χ3v) is 4.03. The van der Waals surface area contributed by atoms with Gasteiger partial charge < -0.3 is 11.2 Å². The van der Waals surface area contributed by atoms with Crippen molar-refractivity contribution in [3.63, 3.8) is 0 Å². The Morgan fingerprint density at radius 1 is 1.35 bits per heavy atom. The fourth-order valence-electron chi connectivity index (χ4n) is 1.72. The molecule has 2 aromatic rings. The SMILES string of the molecule is Cc1nnc(S[C@H](C)C(=O)Nc2ccccc2C(F)(F)F)n1N. The number of nitrogens with two attached hydrogens (primary N) is 1. The molecule has 1 heterocycles. The van der Waals surface area contributed by atoms with Gasteiger partial charge in [-0.1, -0.05) is 23.9 Å². The zero-order valence-corrected chi connectivity index (χ0v) is 13.1. The van der Waals surface area contributed by atoms with Gasteiger partial charge in [0.2, 0.25) is 11.1 Å². The molecule has 0 saturated carbocycles. The van der Waals surface area contributed by atoms with Crippen molar-refractivity contribution in [1.29, 1.82) is 0 Å². The lowest BCUT2D eigenvalue weighted by molar-refractivity contribution is -0.137. The number of anilines is 1. The molecular weight excluding hydrogens is 331 g/mol. The van der Waals surface area contributed by atoms with Gasteiger partial charge in [-0.05, 0) is 26.0 Å². The minimum atomic E-state index is -4.55. The molecule has 0 aliphatic carbocycles. The molecule has 0 aliphatic rings. The monoisotopic (exact) mass is 345 g/mol. The number of carbonyl (C=O) groups excluding carboxylic acids is 1. The summed E-state index contributed by atoms with van der Waals surface area (Å²) >= 11 is 1.00. The second-order valence-corrected chi connectivity index (χ2v) is 6.00. The number of amides is 1. The lowest BCUT2D eigenvalue weighted by atomic mass is 10.1. The van der Waals surface area contributed by atoms with Crippen molar-refractivity contribution in [1.82, 2.24) is 14.9 Å². The molecule has 23 heavy (non-hydrogen) atoms. The number of nitrogens with zero attached hydrogens (tertiary/aromatic N) is 3. The highest BCUT2D eigenvalue weighted by atomic mass is 32.2. The van der Waals surface area contributed by atoms with Crippen molar-refractivity contribution in [3.8, 4) is 0 Å². The van der Waals surface area contributed by atoms with Gasteiger partial charge in [0.1, 0.15) is 5.82 Å². The van der Waals surface area contributed by atoms with Gasteiger partial charge in [-0.3, -0.25) is 4.79 Å². The maximum Gasteiger partial charge on any atom is 0.418 e. The lowest BCUT2D eigenvalue weighted by Gasteiger charge is -2.15. The van der Waals surface area contributed by atoms with Crippen molar-refractivity contribution in [3.05, 3.63) is 35.7 Å². The van der Waals surface area contributed by atoms with E-state index in [0.717, 1.165) is 17.8 Å². The van der Waals surface area contributed by atoms with Crippen LogP contribution in [0.2, 0.25) is 0 Å². The standard InChI is InChI=1S/C13H14F3N5OS/c1-7(23-12-20-19-8(2)21(12)17)11(22)18-10-6-4-3-5-9(10)13(14,15)16/h3-7H,17H2,1-2H3,(H,18,22)/t7-/m1/s1. The minimum Gasteiger partial charge on any atom is -0.336 e. The molecule has 0 aliphatic heterocycles. The van der Waals surface area contributed by atoms with Crippen molar-refractivity contribution < 1.29 is 18.0 Å². The first kappa shape index (κ1) is 17.1. The average Bonchev–Trinajstić information content (AvgIpc) is 2.78. The van der Waals surface area contributed by atoms with Crippen LogP contribution in [-0.2, 0) is 11.0 Å². The first-order chi connectivity index (χ1) is 10.7. The number of hydrogen-bond donors (Lipinski definition) is 2. The number of rotatable bonds is 4. The molecule has 3 N–H and O–H groups in total. The zero-order chi connectivity index (χ0) is 17.2. The molecule has 1 atom stereocenters. The highest BCUT2D eigenvalue weighted by molar-refractivity contribution is 8.00. The Bertz CT molecular complexity index is 716. The Kier molecular flexibility index (Phi) is 4.83. The van der Waals surface area contributed by atoms with E-state index in [1.165, 1.54) is 22.9 Å². The van der Waals surface area contributed by atoms with E-state index < -0.39 is 22.9 Å². The Morgan fingerprint density at radius 2 is 2.00 bits per heavy atom. The number of hydrogen-bond acceptors (Lipinski definition) is 5. The van der Waals surface area contributed by atoms with Gasteiger partial charge in [-0.2, -0.15) is 13.2 Å². The molecule has 0 spiro atoms. The number of alkyl halides is 3. The third-order valence-electron chi connectivity index (χ3n) is 2.98. The van der Waals surface area contributed by atoms with Crippen LogP contribution in [0.4, 0.5) is 18.9 Å². The van der Waals surface area contributed by atoms with Gasteiger partial charge in [0.05, 0.1) is 16.5 Å². The van der Waals surface area contributed by atoms with Crippen LogP contribution in [0.5, 0.6) is 0 Å². The topological polar surface area (TPSA) is 85.8 Å². The van der Waals surface area contributed by atoms with E-state index in [-0.39, 0.29) is 5.69 Å². The highest BCUT2D eigenvalue weighted by Crippen LogP contribution is 2.35.